The monoisotopic (exact) mass is 491 g/mol. The molecule has 3 rings (SSSR count). The Morgan fingerprint density at radius 3 is 2.32 bits per heavy atom. The van der Waals surface area contributed by atoms with E-state index < -0.39 is 23.4 Å². The first kappa shape index (κ1) is 25.9. The van der Waals surface area contributed by atoms with Gasteiger partial charge in [-0.25, -0.2) is 9.07 Å². The number of nitrogens with zero attached hydrogens (tertiary/aromatic N) is 3. The molecule has 0 aliphatic carbocycles. The van der Waals surface area contributed by atoms with E-state index in [1.165, 1.54) is 6.07 Å². The number of aliphatic hydroxyl groups is 2. The third kappa shape index (κ3) is 6.68. The van der Waals surface area contributed by atoms with Crippen LogP contribution in [0.5, 0.6) is 11.5 Å². The fourth-order valence-electron chi connectivity index (χ4n) is 3.42. The zero-order chi connectivity index (χ0) is 24.7. The van der Waals surface area contributed by atoms with E-state index in [9.17, 15) is 14.6 Å². The van der Waals surface area contributed by atoms with Crippen molar-refractivity contribution in [1.82, 2.24) is 15.0 Å². The molecule has 0 aliphatic heterocycles. The number of halogens is 2. The number of alkyl halides is 1. The third-order valence-corrected chi connectivity index (χ3v) is 5.98. The van der Waals surface area contributed by atoms with Gasteiger partial charge in [-0.1, -0.05) is 44.2 Å². The van der Waals surface area contributed by atoms with E-state index in [1.54, 1.807) is 16.8 Å². The van der Waals surface area contributed by atoms with Gasteiger partial charge in [-0.05, 0) is 41.8 Å². The highest BCUT2D eigenvalue weighted by molar-refractivity contribution is 6.18. The first-order chi connectivity index (χ1) is 16.2. The molecule has 9 heteroatoms. The van der Waals surface area contributed by atoms with Crippen LogP contribution in [0.3, 0.4) is 0 Å². The van der Waals surface area contributed by atoms with Crippen molar-refractivity contribution < 1.29 is 24.1 Å². The molecule has 0 unspecified atom stereocenters. The zero-order valence-corrected chi connectivity index (χ0v) is 20.4. The molecule has 2 atom stereocenters. The van der Waals surface area contributed by atoms with Crippen molar-refractivity contribution in [2.24, 2.45) is 0 Å². The number of aliphatic hydroxyl groups excluding tert-OH is 2. The normalized spacial score (nSPS) is 13.5. The molecule has 0 amide bonds. The molecule has 0 saturated carbocycles. The van der Waals surface area contributed by atoms with Gasteiger partial charge in [0.25, 0.3) is 0 Å². The largest absolute Gasteiger partial charge is 0.491 e. The van der Waals surface area contributed by atoms with E-state index in [2.05, 4.69) is 10.3 Å². The van der Waals surface area contributed by atoms with Crippen LogP contribution in [0.25, 0.3) is 0 Å². The predicted octanol–water partition coefficient (Wildman–Crippen LogP) is 3.72. The Hall–Kier alpha value is -2.68. The van der Waals surface area contributed by atoms with Crippen molar-refractivity contribution in [2.75, 3.05) is 19.1 Å². The van der Waals surface area contributed by atoms with Crippen LogP contribution < -0.4 is 9.47 Å². The minimum Gasteiger partial charge on any atom is -0.491 e. The number of ether oxygens (including phenoxy) is 2. The highest BCUT2D eigenvalue weighted by Crippen LogP contribution is 2.34. The SMILES string of the molecule is CCc1cn(C[C@H](O)COc2ccc(C(C)(C)c3ccc(OC[C@H](O)CCl)c(F)c3)cc2)nn1. The molecular weight excluding hydrogens is 461 g/mol. The second-order valence-corrected chi connectivity index (χ2v) is 8.97. The molecule has 1 aromatic heterocycles. The summed E-state index contributed by atoms with van der Waals surface area (Å²) in [4.78, 5) is 0. The summed E-state index contributed by atoms with van der Waals surface area (Å²) in [5.41, 5.74) is 2.15. The van der Waals surface area contributed by atoms with Gasteiger partial charge in [0.15, 0.2) is 11.6 Å². The molecule has 0 bridgehead atoms. The molecule has 0 spiro atoms. The predicted molar refractivity (Wildman–Crippen MR) is 128 cm³/mol. The van der Waals surface area contributed by atoms with Gasteiger partial charge in [-0.2, -0.15) is 0 Å². The number of rotatable bonds is 12. The van der Waals surface area contributed by atoms with Crippen molar-refractivity contribution in [3.05, 3.63) is 71.3 Å². The summed E-state index contributed by atoms with van der Waals surface area (Å²) in [7, 11) is 0. The Kier molecular flexibility index (Phi) is 8.88. The summed E-state index contributed by atoms with van der Waals surface area (Å²) in [5, 5.41) is 27.7. The maximum absolute atomic E-state index is 14.6. The van der Waals surface area contributed by atoms with Gasteiger partial charge in [-0.15, -0.1) is 16.7 Å². The maximum Gasteiger partial charge on any atom is 0.165 e. The fraction of sp³-hybridized carbons (Fsp3) is 0.440. The first-order valence-electron chi connectivity index (χ1n) is 11.2. The smallest absolute Gasteiger partial charge is 0.165 e. The lowest BCUT2D eigenvalue weighted by Crippen LogP contribution is -2.24. The van der Waals surface area contributed by atoms with Crippen molar-refractivity contribution in [3.8, 4) is 11.5 Å². The molecule has 2 aromatic carbocycles. The average molecular weight is 492 g/mol. The first-order valence-corrected chi connectivity index (χ1v) is 11.7. The molecule has 2 N–H and O–H groups in total. The lowest BCUT2D eigenvalue weighted by atomic mass is 9.78. The summed E-state index contributed by atoms with van der Waals surface area (Å²) in [6, 6.07) is 12.3. The van der Waals surface area contributed by atoms with Crippen molar-refractivity contribution in [3.63, 3.8) is 0 Å². The summed E-state index contributed by atoms with van der Waals surface area (Å²) >= 11 is 5.54. The van der Waals surface area contributed by atoms with Crippen LogP contribution >= 0.6 is 11.6 Å². The van der Waals surface area contributed by atoms with Crippen LogP contribution in [0.2, 0.25) is 0 Å². The molecule has 0 saturated heterocycles. The number of benzene rings is 2. The number of aryl methyl sites for hydroxylation is 1. The molecule has 1 heterocycles. The van der Waals surface area contributed by atoms with Crippen LogP contribution in [0.15, 0.2) is 48.7 Å². The molecule has 3 aromatic rings. The van der Waals surface area contributed by atoms with E-state index in [4.69, 9.17) is 21.1 Å². The van der Waals surface area contributed by atoms with Gasteiger partial charge < -0.3 is 19.7 Å². The van der Waals surface area contributed by atoms with E-state index in [1.807, 2.05) is 51.2 Å². The van der Waals surface area contributed by atoms with Gasteiger partial charge in [0.05, 0.1) is 18.1 Å². The van der Waals surface area contributed by atoms with Gasteiger partial charge in [0, 0.05) is 11.6 Å². The molecule has 34 heavy (non-hydrogen) atoms. The van der Waals surface area contributed by atoms with Gasteiger partial charge in [0.2, 0.25) is 0 Å². The topological polar surface area (TPSA) is 89.6 Å². The Bertz CT molecular complexity index is 1060. The quantitative estimate of drug-likeness (QED) is 0.375. The maximum atomic E-state index is 14.6. The minimum absolute atomic E-state index is 0.0209. The van der Waals surface area contributed by atoms with Gasteiger partial charge in [0.1, 0.15) is 31.2 Å². The number of hydrogen-bond donors (Lipinski definition) is 2. The second-order valence-electron chi connectivity index (χ2n) is 8.66. The number of hydrogen-bond acceptors (Lipinski definition) is 6. The zero-order valence-electron chi connectivity index (χ0n) is 19.6. The summed E-state index contributed by atoms with van der Waals surface area (Å²) in [5.74, 6) is 0.217. The minimum atomic E-state index is -0.851. The molecule has 0 aliphatic rings. The Morgan fingerprint density at radius 2 is 1.71 bits per heavy atom. The summed E-state index contributed by atoms with van der Waals surface area (Å²) in [6.07, 6.45) is 1.02. The Morgan fingerprint density at radius 1 is 1.03 bits per heavy atom. The van der Waals surface area contributed by atoms with Crippen molar-refractivity contribution in [1.29, 1.82) is 0 Å². The average Bonchev–Trinajstić information content (AvgIpc) is 3.29. The molecule has 0 radical (unpaired) electrons. The van der Waals surface area contributed by atoms with Crippen LogP contribution in [-0.4, -0.2) is 56.5 Å². The third-order valence-electron chi connectivity index (χ3n) is 5.63. The molecular formula is C25H31ClFN3O4. The van der Waals surface area contributed by atoms with Crippen LogP contribution in [0, 0.1) is 5.82 Å². The Labute approximate surface area is 204 Å². The fourth-order valence-corrected chi connectivity index (χ4v) is 3.51. The lowest BCUT2D eigenvalue weighted by Gasteiger charge is -2.27. The van der Waals surface area contributed by atoms with Crippen LogP contribution in [-0.2, 0) is 18.4 Å². The number of aromatic nitrogens is 3. The van der Waals surface area contributed by atoms with E-state index in [0.717, 1.165) is 23.2 Å². The van der Waals surface area contributed by atoms with Crippen molar-refractivity contribution >= 4 is 11.6 Å². The van der Waals surface area contributed by atoms with Crippen molar-refractivity contribution in [2.45, 2.75) is 51.4 Å². The molecule has 0 fully saturated rings. The highest BCUT2D eigenvalue weighted by Gasteiger charge is 2.25. The van der Waals surface area contributed by atoms with Gasteiger partial charge in [-0.3, -0.25) is 0 Å². The van der Waals surface area contributed by atoms with E-state index in [-0.39, 0.29) is 24.8 Å². The molecule has 7 nitrogen and oxygen atoms in total. The van der Waals surface area contributed by atoms with Crippen LogP contribution in [0.1, 0.15) is 37.6 Å². The molecule has 184 valence electrons. The Balaban J connectivity index is 1.59. The summed E-state index contributed by atoms with van der Waals surface area (Å²) in [6.45, 7) is 6.35. The van der Waals surface area contributed by atoms with E-state index in [0.29, 0.717) is 12.3 Å². The van der Waals surface area contributed by atoms with E-state index >= 15 is 0 Å². The standard InChI is InChI=1S/C25H31ClFN3O4/c1-4-19-13-30(29-28-19)14-21(32)16-33-22-8-5-17(6-9-22)25(2,3)18-7-10-24(23(27)11-18)34-15-20(31)12-26/h5-11,13,20-21,31-32H,4,12,14-16H2,1-3H3/t20-,21+/m1/s1. The summed E-state index contributed by atoms with van der Waals surface area (Å²) < 4.78 is 27.2. The highest BCUT2D eigenvalue weighted by atomic mass is 35.5. The van der Waals surface area contributed by atoms with Gasteiger partial charge >= 0.3 is 0 Å². The lowest BCUT2D eigenvalue weighted by molar-refractivity contribution is 0.0888. The second kappa shape index (κ2) is 11.6. The van der Waals surface area contributed by atoms with Crippen LogP contribution in [0.4, 0.5) is 4.39 Å².